The molecule has 0 saturated heterocycles. The number of thiophene rings is 1. The molecule has 6 rings (SSSR count). The Kier molecular flexibility index (Phi) is 5.84. The van der Waals surface area contributed by atoms with Gasteiger partial charge in [0.2, 0.25) is 0 Å². The van der Waals surface area contributed by atoms with Crippen LogP contribution in [0.2, 0.25) is 0 Å². The maximum absolute atomic E-state index is 13.6. The maximum atomic E-state index is 13.6. The Morgan fingerprint density at radius 2 is 1.60 bits per heavy atom. The number of allylic oxidation sites excluding steroid dienone is 1. The van der Waals surface area contributed by atoms with E-state index >= 15 is 0 Å². The number of anilines is 2. The number of rotatable bonds is 5. The van der Waals surface area contributed by atoms with Gasteiger partial charge in [0.1, 0.15) is 12.4 Å². The molecule has 0 spiro atoms. The van der Waals surface area contributed by atoms with Crippen molar-refractivity contribution in [2.24, 2.45) is 0 Å². The summed E-state index contributed by atoms with van der Waals surface area (Å²) in [6, 6.07) is 30.4. The van der Waals surface area contributed by atoms with E-state index in [1.165, 1.54) is 4.88 Å². The summed E-state index contributed by atoms with van der Waals surface area (Å²) in [7, 11) is 0. The van der Waals surface area contributed by atoms with Crippen LogP contribution in [0.15, 0.2) is 108 Å². The van der Waals surface area contributed by atoms with Gasteiger partial charge in [-0.05, 0) is 53.3 Å². The van der Waals surface area contributed by atoms with Crippen molar-refractivity contribution in [3.8, 4) is 5.75 Å². The number of carbonyl (C=O) groups excluding carboxylic acids is 1. The lowest BCUT2D eigenvalue weighted by molar-refractivity contribution is -0.116. The molecule has 0 bridgehead atoms. The number of para-hydroxylation sites is 2. The fourth-order valence-electron chi connectivity index (χ4n) is 4.96. The number of nitrogens with one attached hydrogen (secondary N) is 2. The van der Waals surface area contributed by atoms with Gasteiger partial charge < -0.3 is 15.4 Å². The predicted molar refractivity (Wildman–Crippen MR) is 142 cm³/mol. The Hall–Kier alpha value is -3.83. The maximum Gasteiger partial charge on any atom is 0.163 e. The van der Waals surface area contributed by atoms with E-state index in [0.717, 1.165) is 45.9 Å². The molecule has 1 aliphatic carbocycles. The highest BCUT2D eigenvalue weighted by Gasteiger charge is 2.36. The summed E-state index contributed by atoms with van der Waals surface area (Å²) in [5, 5.41) is 9.35. The zero-order valence-electron chi connectivity index (χ0n) is 19.2. The second-order valence-corrected chi connectivity index (χ2v) is 10.0. The first-order chi connectivity index (χ1) is 17.2. The number of Topliss-reactive ketones (excluding diaryl/α,β-unsaturated/α-hetero) is 1. The van der Waals surface area contributed by atoms with Crippen LogP contribution in [0.4, 0.5) is 11.4 Å². The van der Waals surface area contributed by atoms with Gasteiger partial charge in [-0.15, -0.1) is 11.3 Å². The van der Waals surface area contributed by atoms with E-state index in [0.29, 0.717) is 13.0 Å². The molecule has 2 aliphatic rings. The molecule has 0 fully saturated rings. The number of ketones is 1. The smallest absolute Gasteiger partial charge is 0.163 e. The van der Waals surface area contributed by atoms with Crippen LogP contribution in [0.3, 0.4) is 0 Å². The third-order valence-corrected chi connectivity index (χ3v) is 7.75. The lowest BCUT2D eigenvalue weighted by Gasteiger charge is -2.29. The minimum absolute atomic E-state index is 0.201. The van der Waals surface area contributed by atoms with E-state index in [9.17, 15) is 4.79 Å². The summed E-state index contributed by atoms with van der Waals surface area (Å²) in [5.41, 5.74) is 6.04. The molecule has 3 aromatic carbocycles. The van der Waals surface area contributed by atoms with Crippen LogP contribution in [0.1, 0.15) is 40.8 Å². The Bertz CT molecular complexity index is 1360. The van der Waals surface area contributed by atoms with Crippen LogP contribution in [-0.4, -0.2) is 5.78 Å². The van der Waals surface area contributed by atoms with Gasteiger partial charge in [0, 0.05) is 28.5 Å². The second kappa shape index (κ2) is 9.43. The van der Waals surface area contributed by atoms with Crippen molar-refractivity contribution in [3.63, 3.8) is 0 Å². The topological polar surface area (TPSA) is 50.4 Å². The third-order valence-electron chi connectivity index (χ3n) is 6.72. The number of carbonyl (C=O) groups is 1. The van der Waals surface area contributed by atoms with Gasteiger partial charge in [-0.25, -0.2) is 0 Å². The average molecular weight is 479 g/mol. The van der Waals surface area contributed by atoms with E-state index in [1.807, 2.05) is 42.5 Å². The van der Waals surface area contributed by atoms with Gasteiger partial charge in [0.25, 0.3) is 0 Å². The zero-order chi connectivity index (χ0) is 23.6. The van der Waals surface area contributed by atoms with Crippen molar-refractivity contribution >= 4 is 28.5 Å². The Morgan fingerprint density at radius 1 is 0.829 bits per heavy atom. The predicted octanol–water partition coefficient (Wildman–Crippen LogP) is 7.31. The quantitative estimate of drug-likeness (QED) is 0.316. The molecule has 4 nitrogen and oxygen atoms in total. The summed E-state index contributed by atoms with van der Waals surface area (Å²) in [4.78, 5) is 14.9. The first-order valence-electron chi connectivity index (χ1n) is 11.9. The molecule has 1 aromatic heterocycles. The normalized spacial score (nSPS) is 19.1. The van der Waals surface area contributed by atoms with Gasteiger partial charge in [0.15, 0.2) is 5.78 Å². The molecule has 0 radical (unpaired) electrons. The SMILES string of the molecule is O=C1CC(c2cccs2)CC2=C1C(c1ccc(OCc3ccccc3)cc1)Nc1ccccc1N2. The monoisotopic (exact) mass is 478 g/mol. The first-order valence-corrected chi connectivity index (χ1v) is 12.8. The summed E-state index contributed by atoms with van der Waals surface area (Å²) in [6.45, 7) is 0.525. The van der Waals surface area contributed by atoms with Crippen LogP contribution in [0.5, 0.6) is 5.75 Å². The van der Waals surface area contributed by atoms with Gasteiger partial charge >= 0.3 is 0 Å². The van der Waals surface area contributed by atoms with E-state index < -0.39 is 0 Å². The fourth-order valence-corrected chi connectivity index (χ4v) is 5.80. The molecule has 2 atom stereocenters. The van der Waals surface area contributed by atoms with Gasteiger partial charge in [-0.2, -0.15) is 0 Å². The standard InChI is InChI=1S/C30H26N2O2S/c33-27-18-22(28-11-6-16-35-28)17-26-29(27)30(32-25-10-5-4-9-24(25)31-26)21-12-14-23(15-13-21)34-19-20-7-2-1-3-8-20/h1-16,22,30-32H,17-19H2. The highest BCUT2D eigenvalue weighted by atomic mass is 32.1. The van der Waals surface area contributed by atoms with Crippen LogP contribution in [-0.2, 0) is 11.4 Å². The zero-order valence-corrected chi connectivity index (χ0v) is 20.1. The van der Waals surface area contributed by atoms with Crippen molar-refractivity contribution in [2.45, 2.75) is 31.4 Å². The van der Waals surface area contributed by atoms with E-state index in [4.69, 9.17) is 4.74 Å². The number of fused-ring (bicyclic) bond motifs is 1. The van der Waals surface area contributed by atoms with Crippen LogP contribution < -0.4 is 15.4 Å². The summed E-state index contributed by atoms with van der Waals surface area (Å²) in [5.74, 6) is 1.23. The highest BCUT2D eigenvalue weighted by Crippen LogP contribution is 2.45. The van der Waals surface area contributed by atoms with Crippen LogP contribution >= 0.6 is 11.3 Å². The molecule has 35 heavy (non-hydrogen) atoms. The first kappa shape index (κ1) is 21.7. The lowest BCUT2D eigenvalue weighted by Crippen LogP contribution is -2.26. The van der Waals surface area contributed by atoms with Gasteiger partial charge in [0.05, 0.1) is 17.4 Å². The van der Waals surface area contributed by atoms with Crippen LogP contribution in [0.25, 0.3) is 0 Å². The number of ether oxygens (including phenoxy) is 1. The highest BCUT2D eigenvalue weighted by molar-refractivity contribution is 7.10. The van der Waals surface area contributed by atoms with Crippen molar-refractivity contribution in [3.05, 3.63) is 124 Å². The van der Waals surface area contributed by atoms with E-state index in [1.54, 1.807) is 11.3 Å². The van der Waals surface area contributed by atoms with Gasteiger partial charge in [-0.3, -0.25) is 4.79 Å². The number of hydrogen-bond donors (Lipinski definition) is 2. The number of hydrogen-bond acceptors (Lipinski definition) is 5. The molecule has 4 aromatic rings. The van der Waals surface area contributed by atoms with E-state index in [2.05, 4.69) is 64.5 Å². The van der Waals surface area contributed by atoms with Gasteiger partial charge in [-0.1, -0.05) is 60.7 Å². The van der Waals surface area contributed by atoms with Crippen molar-refractivity contribution in [1.82, 2.24) is 0 Å². The molecule has 0 amide bonds. The number of benzene rings is 3. The van der Waals surface area contributed by atoms with Crippen molar-refractivity contribution < 1.29 is 9.53 Å². The molecule has 2 unspecified atom stereocenters. The molecule has 174 valence electrons. The van der Waals surface area contributed by atoms with Crippen molar-refractivity contribution in [1.29, 1.82) is 0 Å². The molecule has 2 heterocycles. The fraction of sp³-hybridized carbons (Fsp3) is 0.167. The molecule has 0 saturated carbocycles. The average Bonchev–Trinajstić information content (AvgIpc) is 3.38. The minimum atomic E-state index is -0.221. The largest absolute Gasteiger partial charge is 0.489 e. The Morgan fingerprint density at radius 3 is 2.37 bits per heavy atom. The molecule has 5 heteroatoms. The Balaban J connectivity index is 1.31. The summed E-state index contributed by atoms with van der Waals surface area (Å²) >= 11 is 1.73. The second-order valence-electron chi connectivity index (χ2n) is 9.03. The van der Waals surface area contributed by atoms with Crippen LogP contribution in [0, 0.1) is 0 Å². The molecule has 2 N–H and O–H groups in total. The lowest BCUT2D eigenvalue weighted by atomic mass is 9.81. The summed E-state index contributed by atoms with van der Waals surface area (Å²) in [6.07, 6.45) is 1.36. The molecular weight excluding hydrogens is 452 g/mol. The Labute approximate surface area is 209 Å². The molecular formula is C30H26N2O2S. The van der Waals surface area contributed by atoms with Crippen molar-refractivity contribution in [2.75, 3.05) is 10.6 Å². The third kappa shape index (κ3) is 4.47. The summed E-state index contributed by atoms with van der Waals surface area (Å²) < 4.78 is 5.99. The van der Waals surface area contributed by atoms with E-state index in [-0.39, 0.29) is 17.7 Å². The molecule has 1 aliphatic heterocycles. The minimum Gasteiger partial charge on any atom is -0.489 e.